The van der Waals surface area contributed by atoms with Crippen molar-refractivity contribution in [3.8, 4) is 16.8 Å². The number of thioether (sulfide) groups is 1. The SMILES string of the molecule is CC(=O)NCCCCCC(=O)NCc1ccccc1-c1ccc(C2OC(CSc3nnnn3-c3ccccc3)CC(c3ccc(CO)cc3)O2)cc1. The van der Waals surface area contributed by atoms with E-state index in [1.54, 1.807) is 16.4 Å². The first-order valence-electron chi connectivity index (χ1n) is 17.6. The summed E-state index contributed by atoms with van der Waals surface area (Å²) in [5.41, 5.74) is 6.75. The molecular weight excluding hydrogens is 677 g/mol. The maximum atomic E-state index is 12.6. The van der Waals surface area contributed by atoms with Gasteiger partial charge in [0, 0.05) is 44.2 Å². The molecule has 11 nitrogen and oxygen atoms in total. The van der Waals surface area contributed by atoms with E-state index >= 15 is 0 Å². The van der Waals surface area contributed by atoms with E-state index in [9.17, 15) is 14.7 Å². The number of rotatable bonds is 16. The van der Waals surface area contributed by atoms with Gasteiger partial charge in [0.25, 0.3) is 0 Å². The van der Waals surface area contributed by atoms with Crippen LogP contribution in [0.5, 0.6) is 0 Å². The highest BCUT2D eigenvalue weighted by Crippen LogP contribution is 2.40. The van der Waals surface area contributed by atoms with E-state index in [0.29, 0.717) is 36.8 Å². The fourth-order valence-electron chi connectivity index (χ4n) is 6.10. The molecule has 1 aromatic heterocycles. The molecule has 2 amide bonds. The summed E-state index contributed by atoms with van der Waals surface area (Å²) in [4.78, 5) is 23.6. The number of hydrogen-bond donors (Lipinski definition) is 3. The van der Waals surface area contributed by atoms with Crippen molar-refractivity contribution in [2.45, 2.75) is 75.8 Å². The van der Waals surface area contributed by atoms with E-state index in [4.69, 9.17) is 9.47 Å². The molecule has 52 heavy (non-hydrogen) atoms. The van der Waals surface area contributed by atoms with Crippen LogP contribution in [0.15, 0.2) is 108 Å². The van der Waals surface area contributed by atoms with Crippen molar-refractivity contribution < 1.29 is 24.2 Å². The van der Waals surface area contributed by atoms with E-state index < -0.39 is 6.29 Å². The highest BCUT2D eigenvalue weighted by atomic mass is 32.2. The molecule has 2 heterocycles. The first-order valence-corrected chi connectivity index (χ1v) is 18.6. The zero-order chi connectivity index (χ0) is 36.1. The number of carbonyl (C=O) groups excluding carboxylic acids is 2. The molecule has 12 heteroatoms. The number of hydrogen-bond acceptors (Lipinski definition) is 9. The van der Waals surface area contributed by atoms with Crippen LogP contribution in [0.25, 0.3) is 16.8 Å². The Morgan fingerprint density at radius 3 is 2.38 bits per heavy atom. The van der Waals surface area contributed by atoms with Gasteiger partial charge in [-0.05, 0) is 63.2 Å². The molecule has 1 aliphatic heterocycles. The number of aliphatic hydroxyl groups is 1. The maximum Gasteiger partial charge on any atom is 0.220 e. The Kier molecular flexibility index (Phi) is 13.2. The molecule has 3 N–H and O–H groups in total. The van der Waals surface area contributed by atoms with Gasteiger partial charge in [0.05, 0.1) is 24.5 Å². The third-order valence-electron chi connectivity index (χ3n) is 8.90. The number of tetrazole rings is 1. The first-order chi connectivity index (χ1) is 25.5. The van der Waals surface area contributed by atoms with Crippen LogP contribution in [0, 0.1) is 0 Å². The van der Waals surface area contributed by atoms with Crippen molar-refractivity contribution in [3.05, 3.63) is 125 Å². The third-order valence-corrected chi connectivity index (χ3v) is 9.95. The average Bonchev–Trinajstić information content (AvgIpc) is 3.67. The zero-order valence-electron chi connectivity index (χ0n) is 29.2. The molecule has 5 aromatic rings. The van der Waals surface area contributed by atoms with E-state index in [1.165, 1.54) is 6.92 Å². The van der Waals surface area contributed by atoms with Gasteiger partial charge in [0.1, 0.15) is 0 Å². The molecule has 1 saturated heterocycles. The second kappa shape index (κ2) is 18.6. The third kappa shape index (κ3) is 10.1. The lowest BCUT2D eigenvalue weighted by Gasteiger charge is -2.36. The summed E-state index contributed by atoms with van der Waals surface area (Å²) >= 11 is 1.54. The Morgan fingerprint density at radius 2 is 1.62 bits per heavy atom. The van der Waals surface area contributed by atoms with Crippen LogP contribution >= 0.6 is 11.8 Å². The lowest BCUT2D eigenvalue weighted by Crippen LogP contribution is -2.31. The zero-order valence-corrected chi connectivity index (χ0v) is 30.0. The van der Waals surface area contributed by atoms with E-state index in [1.807, 2.05) is 84.9 Å². The van der Waals surface area contributed by atoms with Gasteiger partial charge in [-0.2, -0.15) is 4.68 Å². The average molecular weight is 721 g/mol. The molecule has 0 aliphatic carbocycles. The molecule has 0 spiro atoms. The minimum Gasteiger partial charge on any atom is -0.392 e. The number of carbonyl (C=O) groups is 2. The fourth-order valence-corrected chi connectivity index (χ4v) is 7.01. The van der Waals surface area contributed by atoms with Crippen LogP contribution in [0.4, 0.5) is 0 Å². The predicted molar refractivity (Wildman–Crippen MR) is 199 cm³/mol. The number of benzene rings is 4. The molecule has 1 fully saturated rings. The smallest absolute Gasteiger partial charge is 0.220 e. The van der Waals surface area contributed by atoms with Crippen molar-refractivity contribution in [2.24, 2.45) is 0 Å². The van der Waals surface area contributed by atoms with Crippen LogP contribution in [-0.2, 0) is 32.2 Å². The van der Waals surface area contributed by atoms with Crippen LogP contribution in [0.1, 0.15) is 73.7 Å². The standard InChI is InChI=1S/C40H44N6O5S/c1-28(48)41-23-9-3-6-14-38(49)42-25-33-10-7-8-13-36(33)30-19-21-32(22-20-30)39-50-35(24-37(51-39)31-17-15-29(26-47)16-18-31)27-52-40-43-44-45-46(40)34-11-4-2-5-12-34/h2,4-5,7-8,10-13,15-22,35,37,39,47H,3,6,9,14,23-27H2,1H3,(H,41,48)(H,42,49). The van der Waals surface area contributed by atoms with Gasteiger partial charge >= 0.3 is 0 Å². The van der Waals surface area contributed by atoms with Crippen molar-refractivity contribution in [3.63, 3.8) is 0 Å². The number of para-hydroxylation sites is 1. The molecule has 0 radical (unpaired) electrons. The van der Waals surface area contributed by atoms with Crippen LogP contribution in [-0.4, -0.2) is 55.5 Å². The van der Waals surface area contributed by atoms with Crippen molar-refractivity contribution in [1.82, 2.24) is 30.8 Å². The second-order valence-corrected chi connectivity index (χ2v) is 13.7. The summed E-state index contributed by atoms with van der Waals surface area (Å²) < 4.78 is 14.9. The molecule has 3 unspecified atom stereocenters. The monoisotopic (exact) mass is 720 g/mol. The van der Waals surface area contributed by atoms with E-state index in [2.05, 4.69) is 44.4 Å². The molecule has 4 aromatic carbocycles. The van der Waals surface area contributed by atoms with E-state index in [-0.39, 0.29) is 30.6 Å². The number of unbranched alkanes of at least 4 members (excludes halogenated alkanes) is 2. The molecular formula is C40H44N6O5S. The summed E-state index contributed by atoms with van der Waals surface area (Å²) in [7, 11) is 0. The maximum absolute atomic E-state index is 12.6. The normalized spacial score (nSPS) is 17.1. The summed E-state index contributed by atoms with van der Waals surface area (Å²) in [6, 6.07) is 33.9. The number of ether oxygens (including phenoxy) is 2. The minimum absolute atomic E-state index is 0.0149. The number of nitrogens with zero attached hydrogens (tertiary/aromatic N) is 4. The molecule has 6 rings (SSSR count). The van der Waals surface area contributed by atoms with Gasteiger partial charge in [-0.3, -0.25) is 9.59 Å². The number of amides is 2. The molecule has 3 atom stereocenters. The van der Waals surface area contributed by atoms with Crippen molar-refractivity contribution in [1.29, 1.82) is 0 Å². The number of aliphatic hydroxyl groups excluding tert-OH is 1. The van der Waals surface area contributed by atoms with Gasteiger partial charge < -0.3 is 25.2 Å². The second-order valence-electron chi connectivity index (χ2n) is 12.7. The molecule has 0 saturated carbocycles. The van der Waals surface area contributed by atoms with Crippen molar-refractivity contribution >= 4 is 23.6 Å². The summed E-state index contributed by atoms with van der Waals surface area (Å²) in [5.74, 6) is 0.601. The van der Waals surface area contributed by atoms with Gasteiger partial charge in [0.15, 0.2) is 6.29 Å². The lowest BCUT2D eigenvalue weighted by molar-refractivity contribution is -0.245. The van der Waals surface area contributed by atoms with Crippen LogP contribution < -0.4 is 10.6 Å². The Morgan fingerprint density at radius 1 is 0.865 bits per heavy atom. The minimum atomic E-state index is -0.603. The van der Waals surface area contributed by atoms with Crippen molar-refractivity contribution in [2.75, 3.05) is 12.3 Å². The molecule has 0 bridgehead atoms. The first kappa shape index (κ1) is 36.9. The highest BCUT2D eigenvalue weighted by molar-refractivity contribution is 7.99. The highest BCUT2D eigenvalue weighted by Gasteiger charge is 2.32. The lowest BCUT2D eigenvalue weighted by atomic mass is 9.97. The molecule has 1 aliphatic rings. The van der Waals surface area contributed by atoms with Gasteiger partial charge in [-0.1, -0.05) is 109 Å². The summed E-state index contributed by atoms with van der Waals surface area (Å²) in [6.45, 7) is 2.56. The van der Waals surface area contributed by atoms with Crippen LogP contribution in [0.2, 0.25) is 0 Å². The van der Waals surface area contributed by atoms with E-state index in [0.717, 1.165) is 58.3 Å². The Labute approximate surface area is 308 Å². The van der Waals surface area contributed by atoms with Gasteiger partial charge in [0.2, 0.25) is 17.0 Å². The number of nitrogens with one attached hydrogen (secondary N) is 2. The summed E-state index contributed by atoms with van der Waals surface area (Å²) in [6.07, 6.45) is 2.64. The topological polar surface area (TPSA) is 140 Å². The van der Waals surface area contributed by atoms with Gasteiger partial charge in [-0.15, -0.1) is 5.10 Å². The fraction of sp³-hybridized carbons (Fsp3) is 0.325. The predicted octanol–water partition coefficient (Wildman–Crippen LogP) is 6.47. The van der Waals surface area contributed by atoms with Crippen LogP contribution in [0.3, 0.4) is 0 Å². The number of aromatic nitrogens is 4. The quantitative estimate of drug-likeness (QED) is 0.0773. The Balaban J connectivity index is 1.12. The Hall–Kier alpha value is -4.88. The largest absolute Gasteiger partial charge is 0.392 e. The summed E-state index contributed by atoms with van der Waals surface area (Å²) in [5, 5.41) is 28.5. The molecule has 270 valence electrons. The Bertz CT molecular complexity index is 1890. The van der Waals surface area contributed by atoms with Gasteiger partial charge in [-0.25, -0.2) is 0 Å².